The van der Waals surface area contributed by atoms with Crippen molar-refractivity contribution < 1.29 is 29.9 Å². The van der Waals surface area contributed by atoms with Gasteiger partial charge in [0.1, 0.15) is 10.9 Å². The highest BCUT2D eigenvalue weighted by molar-refractivity contribution is 6.43. The summed E-state index contributed by atoms with van der Waals surface area (Å²) >= 11 is 0. The molecule has 35 heavy (non-hydrogen) atoms. The minimum absolute atomic E-state index is 0.114. The Balaban J connectivity index is 2.78. The summed E-state index contributed by atoms with van der Waals surface area (Å²) in [5.74, 6) is -1.49. The number of carbonyl (C=O) groups is 2. The van der Waals surface area contributed by atoms with Gasteiger partial charge in [0, 0.05) is 12.5 Å². The van der Waals surface area contributed by atoms with E-state index in [9.17, 15) is 24.5 Å². The molecule has 200 valence electrons. The first kappa shape index (κ1) is 30.6. The molecule has 0 heterocycles. The van der Waals surface area contributed by atoms with Gasteiger partial charge in [-0.2, -0.15) is 0 Å². The number of hydrogen-bond donors (Lipinski definition) is 8. The quantitative estimate of drug-likeness (QED) is 0.0638. The first-order valence-electron chi connectivity index (χ1n) is 12.4. The third-order valence-corrected chi connectivity index (χ3v) is 6.55. The summed E-state index contributed by atoms with van der Waals surface area (Å²) in [7, 11) is -1.73. The average Bonchev–Trinajstić information content (AvgIpc) is 2.73. The molecule has 13 heteroatoms. The highest BCUT2D eigenvalue weighted by atomic mass is 16.7. The first-order chi connectivity index (χ1) is 16.2. The standard InChI is InChI=1S/C22H43BN6O6/c1-14(2)13-18(23(32)33)27-20(31)17(7-6-12-25-21(24)28-29(34)35)26-19(30)15-8-10-16(11-9-15)22(3,4)5/h14-18,32-33H,6-13H2,1-5H3,(H5-,24,25,26,27,28,30,31,34,35)/p+1/t15?,16?,17-,18-/m0/s1. The highest BCUT2D eigenvalue weighted by Crippen LogP contribution is 2.39. The molecule has 0 bridgehead atoms. The van der Waals surface area contributed by atoms with Crippen molar-refractivity contribution in [1.82, 2.24) is 21.4 Å². The second-order valence-electron chi connectivity index (χ2n) is 11.0. The topological polar surface area (TPSA) is 187 Å². The van der Waals surface area contributed by atoms with Gasteiger partial charge in [0.25, 0.3) is 5.96 Å². The SMILES string of the molecule is CC(C)C[C@H](NC(=O)[C@H](CCCNC(=N)N[N+](=O)O)NC(=O)C1CCC(C(C)(C)C)CC1)B(O)O. The number of guanidine groups is 1. The molecule has 1 rings (SSSR count). The van der Waals surface area contributed by atoms with E-state index >= 15 is 0 Å². The normalized spacial score (nSPS) is 19.9. The van der Waals surface area contributed by atoms with Crippen molar-refractivity contribution in [2.75, 3.05) is 6.54 Å². The van der Waals surface area contributed by atoms with Crippen LogP contribution in [0.2, 0.25) is 0 Å². The molecule has 0 saturated heterocycles. The number of nitrogens with one attached hydrogen (secondary N) is 5. The third kappa shape index (κ3) is 11.7. The molecule has 0 aromatic heterocycles. The largest absolute Gasteiger partial charge is 0.475 e. The van der Waals surface area contributed by atoms with Gasteiger partial charge >= 0.3 is 12.2 Å². The Kier molecular flexibility index (Phi) is 12.4. The van der Waals surface area contributed by atoms with Crippen molar-refractivity contribution in [2.24, 2.45) is 23.2 Å². The van der Waals surface area contributed by atoms with Crippen LogP contribution in [0.1, 0.15) is 79.6 Å². The van der Waals surface area contributed by atoms with Crippen molar-refractivity contribution in [2.45, 2.75) is 91.5 Å². The maximum Gasteiger partial charge on any atom is 0.475 e. The molecule has 0 aromatic rings. The average molecular weight is 499 g/mol. The predicted molar refractivity (Wildman–Crippen MR) is 132 cm³/mol. The van der Waals surface area contributed by atoms with Gasteiger partial charge in [-0.25, -0.2) is 5.21 Å². The van der Waals surface area contributed by atoms with Crippen LogP contribution in [0.3, 0.4) is 0 Å². The van der Waals surface area contributed by atoms with E-state index in [1.165, 1.54) is 0 Å². The van der Waals surface area contributed by atoms with Crippen LogP contribution < -0.4 is 21.4 Å². The maximum atomic E-state index is 13.0. The van der Waals surface area contributed by atoms with E-state index in [1.54, 1.807) is 5.43 Å². The van der Waals surface area contributed by atoms with Gasteiger partial charge in [-0.15, -0.1) is 0 Å². The summed E-state index contributed by atoms with van der Waals surface area (Å²) in [6.45, 7) is 10.6. The lowest BCUT2D eigenvalue weighted by atomic mass is 9.69. The van der Waals surface area contributed by atoms with Gasteiger partial charge in [0.05, 0.1) is 5.94 Å². The van der Waals surface area contributed by atoms with Crippen LogP contribution in [0.15, 0.2) is 0 Å². The Labute approximate surface area is 208 Å². The highest BCUT2D eigenvalue weighted by Gasteiger charge is 2.34. The van der Waals surface area contributed by atoms with Crippen molar-refractivity contribution >= 4 is 24.9 Å². The first-order valence-corrected chi connectivity index (χ1v) is 12.4. The fraction of sp³-hybridized carbons (Fsp3) is 0.864. The lowest BCUT2D eigenvalue weighted by Gasteiger charge is -2.36. The Morgan fingerprint density at radius 3 is 2.20 bits per heavy atom. The molecule has 0 radical (unpaired) electrons. The molecule has 0 unspecified atom stereocenters. The van der Waals surface area contributed by atoms with Crippen LogP contribution in [0.5, 0.6) is 0 Å². The predicted octanol–water partition coefficient (Wildman–Crippen LogP) is 0.844. The monoisotopic (exact) mass is 499 g/mol. The Morgan fingerprint density at radius 1 is 1.11 bits per heavy atom. The molecular formula is C22H44BN6O6+. The van der Waals surface area contributed by atoms with E-state index in [0.717, 1.165) is 25.7 Å². The van der Waals surface area contributed by atoms with Crippen LogP contribution in [0, 0.1) is 33.5 Å². The molecule has 1 fully saturated rings. The van der Waals surface area contributed by atoms with Crippen molar-refractivity contribution in [3.8, 4) is 0 Å². The molecule has 2 atom stereocenters. The maximum absolute atomic E-state index is 13.0. The number of hydrogen-bond acceptors (Lipinski definition) is 6. The molecule has 0 spiro atoms. The van der Waals surface area contributed by atoms with E-state index in [2.05, 4.69) is 36.7 Å². The molecule has 1 aliphatic carbocycles. The summed E-state index contributed by atoms with van der Waals surface area (Å²) < 4.78 is 0. The molecule has 8 N–H and O–H groups in total. The van der Waals surface area contributed by atoms with Gasteiger partial charge in [0.15, 0.2) is 0 Å². The zero-order chi connectivity index (χ0) is 26.8. The summed E-state index contributed by atoms with van der Waals surface area (Å²) in [5.41, 5.74) is 1.99. The lowest BCUT2D eigenvalue weighted by molar-refractivity contribution is -0.822. The molecular weight excluding hydrogens is 455 g/mol. The molecule has 1 saturated carbocycles. The number of amides is 2. The van der Waals surface area contributed by atoms with E-state index < -0.39 is 36.0 Å². The Morgan fingerprint density at radius 2 is 1.71 bits per heavy atom. The number of hydrazine groups is 1. The van der Waals surface area contributed by atoms with E-state index in [1.807, 2.05) is 13.8 Å². The van der Waals surface area contributed by atoms with Gasteiger partial charge in [-0.1, -0.05) is 34.6 Å². The van der Waals surface area contributed by atoms with Crippen molar-refractivity contribution in [3.05, 3.63) is 4.91 Å². The number of rotatable bonds is 12. The second kappa shape index (κ2) is 14.2. The second-order valence-corrected chi connectivity index (χ2v) is 11.0. The fourth-order valence-electron chi connectivity index (χ4n) is 4.48. The number of carbonyl (C=O) groups excluding carboxylic acids is 2. The zero-order valence-electron chi connectivity index (χ0n) is 21.6. The van der Waals surface area contributed by atoms with Crippen LogP contribution >= 0.6 is 0 Å². The molecule has 0 aliphatic heterocycles. The van der Waals surface area contributed by atoms with Crippen LogP contribution in [0.25, 0.3) is 0 Å². The molecule has 2 amide bonds. The summed E-state index contributed by atoms with van der Waals surface area (Å²) in [4.78, 5) is 36.5. The van der Waals surface area contributed by atoms with Gasteiger partial charge in [-0.3, -0.25) is 15.0 Å². The minimum Gasteiger partial charge on any atom is -0.426 e. The van der Waals surface area contributed by atoms with Gasteiger partial charge in [0.2, 0.25) is 11.8 Å². The minimum atomic E-state index is -1.73. The Hall–Kier alpha value is -2.41. The summed E-state index contributed by atoms with van der Waals surface area (Å²) in [6.07, 6.45) is 4.36. The smallest absolute Gasteiger partial charge is 0.426 e. The molecule has 0 aromatic carbocycles. The van der Waals surface area contributed by atoms with Crippen LogP contribution in [0.4, 0.5) is 0 Å². The lowest BCUT2D eigenvalue weighted by Crippen LogP contribution is -2.55. The van der Waals surface area contributed by atoms with Gasteiger partial charge in [-0.05, 0) is 67.6 Å². The van der Waals surface area contributed by atoms with Crippen LogP contribution in [-0.4, -0.2) is 63.7 Å². The number of nitrogens with zero attached hydrogens (tertiary/aromatic N) is 1. The van der Waals surface area contributed by atoms with Crippen molar-refractivity contribution in [3.63, 3.8) is 0 Å². The summed E-state index contributed by atoms with van der Waals surface area (Å²) in [6, 6.07) is -0.894. The fourth-order valence-corrected chi connectivity index (χ4v) is 4.48. The molecule has 12 nitrogen and oxygen atoms in total. The van der Waals surface area contributed by atoms with E-state index in [0.29, 0.717) is 18.8 Å². The zero-order valence-corrected chi connectivity index (χ0v) is 21.6. The molecule has 1 aliphatic rings. The van der Waals surface area contributed by atoms with E-state index in [-0.39, 0.29) is 36.1 Å². The Bertz CT molecular complexity index is 722. The van der Waals surface area contributed by atoms with E-state index in [4.69, 9.17) is 10.6 Å². The van der Waals surface area contributed by atoms with Gasteiger partial charge < -0.3 is 26.0 Å². The van der Waals surface area contributed by atoms with Crippen LogP contribution in [-0.2, 0) is 9.59 Å². The third-order valence-electron chi connectivity index (χ3n) is 6.55. The van der Waals surface area contributed by atoms with Crippen molar-refractivity contribution in [1.29, 1.82) is 5.41 Å². The summed E-state index contributed by atoms with van der Waals surface area (Å²) in [5, 5.41) is 42.9.